The normalized spacial score (nSPS) is 16.3. The molecular weight excluding hydrogens is 261 g/mol. The first-order valence-electron chi connectivity index (χ1n) is 6.61. The molecule has 108 valence electrons. The Hall–Kier alpha value is -2.11. The lowest BCUT2D eigenvalue weighted by atomic mass is 10.1. The minimum atomic E-state index is -0.646. The van der Waals surface area contributed by atoms with Crippen LogP contribution in [-0.4, -0.2) is 35.8 Å². The van der Waals surface area contributed by atoms with Crippen molar-refractivity contribution >= 4 is 17.5 Å². The van der Waals surface area contributed by atoms with Crippen molar-refractivity contribution in [3.05, 3.63) is 29.6 Å². The van der Waals surface area contributed by atoms with Gasteiger partial charge in [0, 0.05) is 31.2 Å². The fourth-order valence-electron chi connectivity index (χ4n) is 2.29. The van der Waals surface area contributed by atoms with Crippen molar-refractivity contribution in [3.8, 4) is 0 Å². The van der Waals surface area contributed by atoms with E-state index in [1.54, 1.807) is 11.8 Å². The SMILES string of the molecule is CC(CN1CCCC1=O)NC(=O)c1ccc(N)cc1F. The van der Waals surface area contributed by atoms with Crippen molar-refractivity contribution in [1.29, 1.82) is 0 Å². The lowest BCUT2D eigenvalue weighted by Crippen LogP contribution is -2.42. The van der Waals surface area contributed by atoms with E-state index < -0.39 is 11.7 Å². The molecule has 1 atom stereocenters. The van der Waals surface area contributed by atoms with E-state index in [0.29, 0.717) is 13.0 Å². The highest BCUT2D eigenvalue weighted by atomic mass is 19.1. The van der Waals surface area contributed by atoms with E-state index in [2.05, 4.69) is 5.32 Å². The molecule has 1 fully saturated rings. The first kappa shape index (κ1) is 14.3. The van der Waals surface area contributed by atoms with Gasteiger partial charge in [0.05, 0.1) is 5.56 Å². The number of benzene rings is 1. The van der Waals surface area contributed by atoms with Crippen LogP contribution in [-0.2, 0) is 4.79 Å². The Balaban J connectivity index is 1.95. The fraction of sp³-hybridized carbons (Fsp3) is 0.429. The number of nitrogens with one attached hydrogen (secondary N) is 1. The molecule has 0 aromatic heterocycles. The molecule has 6 heteroatoms. The third kappa shape index (κ3) is 3.26. The Morgan fingerprint density at radius 2 is 2.30 bits per heavy atom. The molecular formula is C14H18FN3O2. The van der Waals surface area contributed by atoms with E-state index in [0.717, 1.165) is 19.0 Å². The summed E-state index contributed by atoms with van der Waals surface area (Å²) in [6.45, 7) is 2.95. The highest BCUT2D eigenvalue weighted by Crippen LogP contribution is 2.13. The van der Waals surface area contributed by atoms with Gasteiger partial charge in [0.1, 0.15) is 5.82 Å². The molecule has 20 heavy (non-hydrogen) atoms. The Labute approximate surface area is 116 Å². The predicted molar refractivity (Wildman–Crippen MR) is 73.6 cm³/mol. The molecule has 2 rings (SSSR count). The molecule has 1 aliphatic heterocycles. The second kappa shape index (κ2) is 5.90. The molecule has 1 aliphatic rings. The number of anilines is 1. The molecule has 1 aromatic carbocycles. The minimum absolute atomic E-state index is 0.0428. The fourth-order valence-corrected chi connectivity index (χ4v) is 2.29. The number of likely N-dealkylation sites (tertiary alicyclic amines) is 1. The van der Waals surface area contributed by atoms with Gasteiger partial charge in [-0.1, -0.05) is 0 Å². The molecule has 0 bridgehead atoms. The van der Waals surface area contributed by atoms with Gasteiger partial charge in [-0.15, -0.1) is 0 Å². The van der Waals surface area contributed by atoms with Gasteiger partial charge >= 0.3 is 0 Å². The molecule has 5 nitrogen and oxygen atoms in total. The summed E-state index contributed by atoms with van der Waals surface area (Å²) in [6.07, 6.45) is 1.42. The lowest BCUT2D eigenvalue weighted by Gasteiger charge is -2.21. The number of nitrogens with zero attached hydrogens (tertiary/aromatic N) is 1. The predicted octanol–water partition coefficient (Wildman–Crippen LogP) is 1.15. The quantitative estimate of drug-likeness (QED) is 0.812. The summed E-state index contributed by atoms with van der Waals surface area (Å²) in [5.41, 5.74) is 5.67. The minimum Gasteiger partial charge on any atom is -0.399 e. The van der Waals surface area contributed by atoms with Gasteiger partial charge in [-0.05, 0) is 31.5 Å². The number of nitrogen functional groups attached to an aromatic ring is 1. The van der Waals surface area contributed by atoms with Crippen LogP contribution in [0.25, 0.3) is 0 Å². The zero-order valence-corrected chi connectivity index (χ0v) is 11.4. The smallest absolute Gasteiger partial charge is 0.254 e. The van der Waals surface area contributed by atoms with Crippen molar-refractivity contribution in [3.63, 3.8) is 0 Å². The van der Waals surface area contributed by atoms with Gasteiger partial charge in [-0.2, -0.15) is 0 Å². The van der Waals surface area contributed by atoms with E-state index in [9.17, 15) is 14.0 Å². The van der Waals surface area contributed by atoms with Crippen LogP contribution in [0.1, 0.15) is 30.1 Å². The van der Waals surface area contributed by atoms with E-state index in [1.165, 1.54) is 12.1 Å². The molecule has 0 spiro atoms. The molecule has 2 amide bonds. The number of rotatable bonds is 4. The van der Waals surface area contributed by atoms with Crippen molar-refractivity contribution in [2.75, 3.05) is 18.8 Å². The Bertz CT molecular complexity index is 533. The van der Waals surface area contributed by atoms with E-state index in [-0.39, 0.29) is 23.2 Å². The van der Waals surface area contributed by atoms with Gasteiger partial charge < -0.3 is 16.0 Å². The molecule has 3 N–H and O–H groups in total. The van der Waals surface area contributed by atoms with Gasteiger partial charge in [-0.25, -0.2) is 4.39 Å². The Morgan fingerprint density at radius 1 is 1.55 bits per heavy atom. The zero-order valence-electron chi connectivity index (χ0n) is 11.4. The average molecular weight is 279 g/mol. The first-order valence-corrected chi connectivity index (χ1v) is 6.61. The maximum absolute atomic E-state index is 13.6. The molecule has 1 unspecified atom stereocenters. The third-order valence-electron chi connectivity index (χ3n) is 3.28. The van der Waals surface area contributed by atoms with Crippen LogP contribution in [0.5, 0.6) is 0 Å². The van der Waals surface area contributed by atoms with Crippen molar-refractivity contribution in [1.82, 2.24) is 10.2 Å². The summed E-state index contributed by atoms with van der Waals surface area (Å²) < 4.78 is 13.6. The van der Waals surface area contributed by atoms with Gasteiger partial charge in [0.15, 0.2) is 0 Å². The van der Waals surface area contributed by atoms with Crippen molar-refractivity contribution in [2.45, 2.75) is 25.8 Å². The standard InChI is InChI=1S/C14H18FN3O2/c1-9(8-18-6-2-3-13(18)19)17-14(20)11-5-4-10(16)7-12(11)15/h4-5,7,9H,2-3,6,8,16H2,1H3,(H,17,20). The van der Waals surface area contributed by atoms with Gasteiger partial charge in [0.25, 0.3) is 5.91 Å². The van der Waals surface area contributed by atoms with E-state index in [4.69, 9.17) is 5.73 Å². The zero-order chi connectivity index (χ0) is 14.7. The molecule has 0 aliphatic carbocycles. The van der Waals surface area contributed by atoms with Crippen molar-refractivity contribution in [2.24, 2.45) is 0 Å². The lowest BCUT2D eigenvalue weighted by molar-refractivity contribution is -0.127. The van der Waals surface area contributed by atoms with Crippen LogP contribution >= 0.6 is 0 Å². The van der Waals surface area contributed by atoms with Crippen LogP contribution in [0.2, 0.25) is 0 Å². The highest BCUT2D eigenvalue weighted by Gasteiger charge is 2.23. The summed E-state index contributed by atoms with van der Waals surface area (Å²) in [4.78, 5) is 25.2. The summed E-state index contributed by atoms with van der Waals surface area (Å²) in [5, 5.41) is 2.69. The monoisotopic (exact) mass is 279 g/mol. The number of amides is 2. The van der Waals surface area contributed by atoms with E-state index >= 15 is 0 Å². The molecule has 1 saturated heterocycles. The molecule has 1 aromatic rings. The summed E-state index contributed by atoms with van der Waals surface area (Å²) in [6, 6.07) is 3.71. The van der Waals surface area contributed by atoms with Crippen LogP contribution in [0.15, 0.2) is 18.2 Å². The number of carbonyl (C=O) groups is 2. The number of carbonyl (C=O) groups excluding carboxylic acids is 2. The number of hydrogen-bond donors (Lipinski definition) is 2. The third-order valence-corrected chi connectivity index (χ3v) is 3.28. The summed E-state index contributed by atoms with van der Waals surface area (Å²) >= 11 is 0. The first-order chi connectivity index (χ1) is 9.47. The van der Waals surface area contributed by atoms with Crippen LogP contribution < -0.4 is 11.1 Å². The summed E-state index contributed by atoms with van der Waals surface area (Å²) in [7, 11) is 0. The van der Waals surface area contributed by atoms with Crippen LogP contribution in [0, 0.1) is 5.82 Å². The second-order valence-corrected chi connectivity index (χ2v) is 5.06. The number of nitrogens with two attached hydrogens (primary N) is 1. The molecule has 1 heterocycles. The second-order valence-electron chi connectivity index (χ2n) is 5.06. The Morgan fingerprint density at radius 3 is 2.90 bits per heavy atom. The van der Waals surface area contributed by atoms with Crippen LogP contribution in [0.4, 0.5) is 10.1 Å². The van der Waals surface area contributed by atoms with E-state index in [1.807, 2.05) is 0 Å². The highest BCUT2D eigenvalue weighted by molar-refractivity contribution is 5.95. The average Bonchev–Trinajstić information content (AvgIpc) is 2.74. The van der Waals surface area contributed by atoms with Crippen LogP contribution in [0.3, 0.4) is 0 Å². The Kier molecular flexibility index (Phi) is 4.22. The van der Waals surface area contributed by atoms with Crippen molar-refractivity contribution < 1.29 is 14.0 Å². The maximum Gasteiger partial charge on any atom is 0.254 e. The number of halogens is 1. The maximum atomic E-state index is 13.6. The largest absolute Gasteiger partial charge is 0.399 e. The molecule has 0 radical (unpaired) electrons. The topological polar surface area (TPSA) is 75.4 Å². The van der Waals surface area contributed by atoms with Gasteiger partial charge in [-0.3, -0.25) is 9.59 Å². The molecule has 0 saturated carbocycles. The van der Waals surface area contributed by atoms with Gasteiger partial charge in [0.2, 0.25) is 5.91 Å². The number of hydrogen-bond acceptors (Lipinski definition) is 3. The summed E-state index contributed by atoms with van der Waals surface area (Å²) in [5.74, 6) is -1.04.